The van der Waals surface area contributed by atoms with Crippen LogP contribution in [0.3, 0.4) is 0 Å². The highest BCUT2D eigenvalue weighted by atomic mass is 19.3. The first-order valence-corrected chi connectivity index (χ1v) is 5.56. The van der Waals surface area contributed by atoms with Crippen LogP contribution < -0.4 is 5.32 Å². The summed E-state index contributed by atoms with van der Waals surface area (Å²) in [4.78, 5) is 11.3. The third-order valence-electron chi connectivity index (χ3n) is 2.87. The van der Waals surface area contributed by atoms with Crippen LogP contribution in [0.1, 0.15) is 11.8 Å². The predicted molar refractivity (Wildman–Crippen MR) is 58.6 cm³/mol. The van der Waals surface area contributed by atoms with Gasteiger partial charge in [0, 0.05) is 26.2 Å². The van der Waals surface area contributed by atoms with Crippen molar-refractivity contribution in [3.63, 3.8) is 0 Å². The van der Waals surface area contributed by atoms with Crippen LogP contribution in [0.15, 0.2) is 16.5 Å². The minimum atomic E-state index is -2.64. The second-order valence-electron chi connectivity index (χ2n) is 4.00. The van der Waals surface area contributed by atoms with Crippen LogP contribution in [0.2, 0.25) is 0 Å². The van der Waals surface area contributed by atoms with Gasteiger partial charge in [0.15, 0.2) is 0 Å². The van der Waals surface area contributed by atoms with Gasteiger partial charge in [-0.15, -0.1) is 0 Å². The van der Waals surface area contributed by atoms with Gasteiger partial charge in [0.05, 0.1) is 6.07 Å². The molecule has 0 unspecified atom stereocenters. The molecular weight excluding hydrogens is 248 g/mol. The van der Waals surface area contributed by atoms with Crippen LogP contribution >= 0.6 is 0 Å². The molecule has 1 aromatic heterocycles. The molecule has 0 aromatic carbocycles. The third-order valence-corrected chi connectivity index (χ3v) is 2.87. The molecule has 0 saturated carbocycles. The van der Waals surface area contributed by atoms with E-state index in [9.17, 15) is 18.9 Å². The number of alkyl halides is 2. The van der Waals surface area contributed by atoms with Crippen LogP contribution in [0.5, 0.6) is 0 Å². The van der Waals surface area contributed by atoms with Crippen LogP contribution in [0.4, 0.5) is 14.7 Å². The predicted octanol–water partition coefficient (Wildman–Crippen LogP) is 1.40. The molecule has 0 spiro atoms. The number of hydrogen-bond acceptors (Lipinski definition) is 5. The molecule has 1 saturated heterocycles. The summed E-state index contributed by atoms with van der Waals surface area (Å²) < 4.78 is 31.1. The summed E-state index contributed by atoms with van der Waals surface area (Å²) in [6.07, 6.45) is -2.64. The summed E-state index contributed by atoms with van der Waals surface area (Å²) in [7, 11) is 0. The normalized spacial score (nSPS) is 19.1. The van der Waals surface area contributed by atoms with Gasteiger partial charge in [-0.1, -0.05) is 0 Å². The number of piperazine rings is 1. The second-order valence-corrected chi connectivity index (χ2v) is 4.00. The van der Waals surface area contributed by atoms with Crippen molar-refractivity contribution in [1.29, 1.82) is 0 Å². The molecule has 1 aromatic rings. The SMILES string of the molecule is O=[N+]([O-])c1ccc([C@@H](C(F)F)N2CCNCC2)o1. The van der Waals surface area contributed by atoms with E-state index in [2.05, 4.69) is 5.32 Å². The first-order valence-electron chi connectivity index (χ1n) is 5.56. The first-order chi connectivity index (χ1) is 8.59. The molecule has 6 nitrogen and oxygen atoms in total. The van der Waals surface area contributed by atoms with Crippen molar-refractivity contribution >= 4 is 5.88 Å². The van der Waals surface area contributed by atoms with Crippen molar-refractivity contribution in [3.8, 4) is 0 Å². The average Bonchev–Trinajstić information content (AvgIpc) is 2.79. The molecule has 0 amide bonds. The Kier molecular flexibility index (Phi) is 3.87. The maximum absolute atomic E-state index is 13.1. The van der Waals surface area contributed by atoms with E-state index in [4.69, 9.17) is 4.42 Å². The fourth-order valence-electron chi connectivity index (χ4n) is 2.02. The van der Waals surface area contributed by atoms with E-state index in [1.165, 1.54) is 6.07 Å². The highest BCUT2D eigenvalue weighted by molar-refractivity contribution is 5.20. The van der Waals surface area contributed by atoms with Gasteiger partial charge in [-0.05, 0) is 6.07 Å². The fraction of sp³-hybridized carbons (Fsp3) is 0.600. The van der Waals surface area contributed by atoms with Gasteiger partial charge in [0.2, 0.25) is 0 Å². The number of nitrogens with one attached hydrogen (secondary N) is 1. The lowest BCUT2D eigenvalue weighted by atomic mass is 10.1. The van der Waals surface area contributed by atoms with E-state index in [0.717, 1.165) is 6.07 Å². The fourth-order valence-corrected chi connectivity index (χ4v) is 2.02. The maximum atomic E-state index is 13.1. The molecule has 0 bridgehead atoms. The topological polar surface area (TPSA) is 71.6 Å². The molecule has 8 heteroatoms. The van der Waals surface area contributed by atoms with E-state index in [-0.39, 0.29) is 5.76 Å². The smallest absolute Gasteiger partial charge is 0.404 e. The van der Waals surface area contributed by atoms with Crippen molar-refractivity contribution in [3.05, 3.63) is 28.0 Å². The van der Waals surface area contributed by atoms with Gasteiger partial charge in [0.1, 0.15) is 16.7 Å². The quantitative estimate of drug-likeness (QED) is 0.655. The number of nitro groups is 1. The standard InChI is InChI=1S/C10H13F2N3O3/c11-10(12)9(14-5-3-13-4-6-14)7-1-2-8(18-7)15(16)17/h1-2,9-10,13H,3-6H2/t9-/m0/s1. The van der Waals surface area contributed by atoms with Crippen LogP contribution in [0, 0.1) is 10.1 Å². The Labute approximate surface area is 102 Å². The van der Waals surface area contributed by atoms with Gasteiger partial charge in [-0.25, -0.2) is 8.78 Å². The molecule has 2 rings (SSSR count). The molecule has 100 valence electrons. The largest absolute Gasteiger partial charge is 0.433 e. The van der Waals surface area contributed by atoms with E-state index in [0.29, 0.717) is 26.2 Å². The summed E-state index contributed by atoms with van der Waals surface area (Å²) in [5.74, 6) is -0.565. The Bertz CT molecular complexity index is 418. The molecule has 0 aliphatic carbocycles. The first kappa shape index (κ1) is 12.9. The Morgan fingerprint density at radius 1 is 1.39 bits per heavy atom. The lowest BCUT2D eigenvalue weighted by Crippen LogP contribution is -2.46. The summed E-state index contributed by atoms with van der Waals surface area (Å²) >= 11 is 0. The highest BCUT2D eigenvalue weighted by Crippen LogP contribution is 2.31. The minimum Gasteiger partial charge on any atom is -0.404 e. The number of rotatable bonds is 4. The van der Waals surface area contributed by atoms with Crippen molar-refractivity contribution < 1.29 is 18.1 Å². The molecule has 1 aliphatic heterocycles. The van der Waals surface area contributed by atoms with E-state index in [1.54, 1.807) is 4.90 Å². The van der Waals surface area contributed by atoms with Crippen LogP contribution in [0.25, 0.3) is 0 Å². The lowest BCUT2D eigenvalue weighted by Gasteiger charge is -2.32. The number of nitrogens with zero attached hydrogens (tertiary/aromatic N) is 2. The lowest BCUT2D eigenvalue weighted by molar-refractivity contribution is -0.402. The average molecular weight is 261 g/mol. The Morgan fingerprint density at radius 2 is 2.06 bits per heavy atom. The number of furan rings is 1. The summed E-state index contributed by atoms with van der Waals surface area (Å²) in [5, 5.41) is 13.5. The molecule has 1 atom stereocenters. The van der Waals surface area contributed by atoms with Crippen LogP contribution in [-0.4, -0.2) is 42.4 Å². The number of halogens is 2. The summed E-state index contributed by atoms with van der Waals surface area (Å²) in [6, 6.07) is 1.13. The minimum absolute atomic E-state index is 0.0569. The van der Waals surface area contributed by atoms with Gasteiger partial charge in [0.25, 0.3) is 6.43 Å². The molecule has 2 heterocycles. The van der Waals surface area contributed by atoms with Gasteiger partial charge >= 0.3 is 5.88 Å². The van der Waals surface area contributed by atoms with Gasteiger partial charge in [-0.2, -0.15) is 0 Å². The van der Waals surface area contributed by atoms with Gasteiger partial charge < -0.3 is 9.73 Å². The van der Waals surface area contributed by atoms with E-state index < -0.39 is 23.3 Å². The zero-order chi connectivity index (χ0) is 13.1. The Balaban J connectivity index is 2.20. The van der Waals surface area contributed by atoms with Crippen LogP contribution in [-0.2, 0) is 0 Å². The van der Waals surface area contributed by atoms with Crippen molar-refractivity contribution in [2.45, 2.75) is 12.5 Å². The Hall–Kier alpha value is -1.54. The van der Waals surface area contributed by atoms with Crippen molar-refractivity contribution in [2.24, 2.45) is 0 Å². The molecule has 1 N–H and O–H groups in total. The van der Waals surface area contributed by atoms with E-state index >= 15 is 0 Å². The molecule has 1 aliphatic rings. The monoisotopic (exact) mass is 261 g/mol. The zero-order valence-electron chi connectivity index (χ0n) is 9.51. The van der Waals surface area contributed by atoms with Crippen molar-refractivity contribution in [1.82, 2.24) is 10.2 Å². The Morgan fingerprint density at radius 3 is 2.56 bits per heavy atom. The maximum Gasteiger partial charge on any atom is 0.433 e. The van der Waals surface area contributed by atoms with E-state index in [1.807, 2.05) is 0 Å². The summed E-state index contributed by atoms with van der Waals surface area (Å²) in [6.45, 7) is 2.16. The second kappa shape index (κ2) is 5.40. The highest BCUT2D eigenvalue weighted by Gasteiger charge is 2.33. The molecule has 0 radical (unpaired) electrons. The third kappa shape index (κ3) is 2.65. The number of hydrogen-bond donors (Lipinski definition) is 1. The van der Waals surface area contributed by atoms with Crippen molar-refractivity contribution in [2.75, 3.05) is 26.2 Å². The molecule has 1 fully saturated rings. The molecule has 18 heavy (non-hydrogen) atoms. The summed E-state index contributed by atoms with van der Waals surface area (Å²) in [5.41, 5.74) is 0. The molecular formula is C10H13F2N3O3. The zero-order valence-corrected chi connectivity index (χ0v) is 9.51. The van der Waals surface area contributed by atoms with Gasteiger partial charge in [-0.3, -0.25) is 15.0 Å².